The average Bonchev–Trinajstić information content (AvgIpc) is 2.84. The average molecular weight is 291 g/mol. The summed E-state index contributed by atoms with van der Waals surface area (Å²) in [4.78, 5) is 0. The smallest absolute Gasteiger partial charge is 0.0854 e. The second kappa shape index (κ2) is 5.99. The number of nitrogen functional groups attached to an aromatic ring is 1. The van der Waals surface area contributed by atoms with Crippen LogP contribution in [0, 0.1) is 0 Å². The van der Waals surface area contributed by atoms with Gasteiger partial charge in [-0.25, -0.2) is 0 Å². The molecule has 3 rings (SSSR count). The zero-order valence-corrected chi connectivity index (χ0v) is 13.5. The molecule has 1 spiro atoms. The highest BCUT2D eigenvalue weighted by atomic mass is 16.5. The molecule has 4 nitrogen and oxygen atoms in total. The molecule has 0 radical (unpaired) electrons. The Kier molecular flexibility index (Phi) is 4.25. The van der Waals surface area contributed by atoms with Gasteiger partial charge >= 0.3 is 0 Å². The van der Waals surface area contributed by atoms with E-state index < -0.39 is 0 Å². The number of rotatable bonds is 3. The van der Waals surface area contributed by atoms with Gasteiger partial charge in [-0.2, -0.15) is 5.10 Å². The highest BCUT2D eigenvalue weighted by Gasteiger charge is 2.40. The van der Waals surface area contributed by atoms with Gasteiger partial charge in [-0.15, -0.1) is 0 Å². The Morgan fingerprint density at radius 2 is 2.00 bits per heavy atom. The predicted molar refractivity (Wildman–Crippen MR) is 85.4 cm³/mol. The van der Waals surface area contributed by atoms with E-state index in [0.717, 1.165) is 43.7 Å². The summed E-state index contributed by atoms with van der Waals surface area (Å²) in [6.07, 6.45) is 10.5. The monoisotopic (exact) mass is 291 g/mol. The maximum absolute atomic E-state index is 6.29. The van der Waals surface area contributed by atoms with Crippen LogP contribution in [0.2, 0.25) is 0 Å². The van der Waals surface area contributed by atoms with Gasteiger partial charge in [-0.05, 0) is 38.5 Å². The Balaban J connectivity index is 1.86. The van der Waals surface area contributed by atoms with Crippen LogP contribution in [0.1, 0.15) is 76.2 Å². The topological polar surface area (TPSA) is 53.1 Å². The van der Waals surface area contributed by atoms with Crippen LogP contribution in [-0.2, 0) is 17.6 Å². The van der Waals surface area contributed by atoms with Gasteiger partial charge in [0.25, 0.3) is 0 Å². The van der Waals surface area contributed by atoms with E-state index in [9.17, 15) is 0 Å². The highest BCUT2D eigenvalue weighted by Crippen LogP contribution is 2.43. The molecule has 1 aromatic heterocycles. The van der Waals surface area contributed by atoms with Gasteiger partial charge in [0, 0.05) is 6.61 Å². The summed E-state index contributed by atoms with van der Waals surface area (Å²) in [7, 11) is 0. The van der Waals surface area contributed by atoms with Gasteiger partial charge < -0.3 is 10.5 Å². The van der Waals surface area contributed by atoms with Crippen molar-refractivity contribution < 1.29 is 4.74 Å². The van der Waals surface area contributed by atoms with Crippen LogP contribution in [0.3, 0.4) is 0 Å². The third kappa shape index (κ3) is 2.70. The number of nitrogens with zero attached hydrogens (tertiary/aromatic N) is 2. The minimum atomic E-state index is 0.124. The molecule has 0 aromatic carbocycles. The van der Waals surface area contributed by atoms with Crippen LogP contribution in [0.15, 0.2) is 0 Å². The summed E-state index contributed by atoms with van der Waals surface area (Å²) in [5.74, 6) is 0. The first-order valence-electron chi connectivity index (χ1n) is 8.69. The Hall–Kier alpha value is -1.03. The van der Waals surface area contributed by atoms with Gasteiger partial charge in [0.05, 0.1) is 28.7 Å². The molecular weight excluding hydrogens is 262 g/mol. The molecule has 118 valence electrons. The predicted octanol–water partition coefficient (Wildman–Crippen LogP) is 3.64. The second-order valence-corrected chi connectivity index (χ2v) is 6.70. The van der Waals surface area contributed by atoms with Gasteiger partial charge in [-0.3, -0.25) is 4.68 Å². The van der Waals surface area contributed by atoms with Crippen molar-refractivity contribution in [2.75, 3.05) is 12.3 Å². The number of aryl methyl sites for hydroxylation is 1. The summed E-state index contributed by atoms with van der Waals surface area (Å²) in [5, 5.41) is 4.84. The molecule has 0 amide bonds. The van der Waals surface area contributed by atoms with Crippen molar-refractivity contribution in [1.29, 1.82) is 0 Å². The molecule has 1 saturated carbocycles. The first kappa shape index (κ1) is 14.9. The van der Waals surface area contributed by atoms with E-state index in [4.69, 9.17) is 15.6 Å². The van der Waals surface area contributed by atoms with Crippen molar-refractivity contribution in [3.63, 3.8) is 0 Å². The molecule has 21 heavy (non-hydrogen) atoms. The lowest BCUT2D eigenvalue weighted by molar-refractivity contribution is -0.116. The van der Waals surface area contributed by atoms with Gasteiger partial charge in [0.15, 0.2) is 0 Å². The van der Waals surface area contributed by atoms with Crippen LogP contribution >= 0.6 is 0 Å². The van der Waals surface area contributed by atoms with Crippen LogP contribution in [0.4, 0.5) is 5.69 Å². The van der Waals surface area contributed by atoms with Gasteiger partial charge in [-0.1, -0.05) is 33.1 Å². The summed E-state index contributed by atoms with van der Waals surface area (Å²) < 4.78 is 8.47. The largest absolute Gasteiger partial charge is 0.396 e. The van der Waals surface area contributed by atoms with Crippen molar-refractivity contribution in [3.05, 3.63) is 11.4 Å². The van der Waals surface area contributed by atoms with Crippen molar-refractivity contribution in [1.82, 2.24) is 9.78 Å². The quantitative estimate of drug-likeness (QED) is 0.925. The fourth-order valence-corrected chi connectivity index (χ4v) is 4.21. The SMILES string of the molecule is CCc1nn(C2CCOC3(CCCCC3)C2)c(CC)c1N. The lowest BCUT2D eigenvalue weighted by Gasteiger charge is -2.43. The fourth-order valence-electron chi connectivity index (χ4n) is 4.21. The normalized spacial score (nSPS) is 25.3. The third-order valence-electron chi connectivity index (χ3n) is 5.37. The van der Waals surface area contributed by atoms with E-state index in [1.165, 1.54) is 37.8 Å². The van der Waals surface area contributed by atoms with Crippen LogP contribution in [0.5, 0.6) is 0 Å². The Morgan fingerprint density at radius 1 is 1.24 bits per heavy atom. The van der Waals surface area contributed by atoms with E-state index in [0.29, 0.717) is 6.04 Å². The first-order valence-corrected chi connectivity index (χ1v) is 8.69. The van der Waals surface area contributed by atoms with Crippen LogP contribution < -0.4 is 5.73 Å². The molecule has 1 aliphatic heterocycles. The summed E-state index contributed by atoms with van der Waals surface area (Å²) in [6, 6.07) is 0.467. The number of hydrogen-bond acceptors (Lipinski definition) is 3. The molecule has 4 heteroatoms. The standard InChI is InChI=1S/C17H29N3O/c1-3-14-16(18)15(4-2)20(19-14)13-8-11-21-17(12-13)9-6-5-7-10-17/h13H,3-12,18H2,1-2H3. The van der Waals surface area contributed by atoms with E-state index in [1.54, 1.807) is 0 Å². The molecule has 2 aliphatic rings. The van der Waals surface area contributed by atoms with Gasteiger partial charge in [0.1, 0.15) is 0 Å². The molecule has 2 heterocycles. The molecule has 1 unspecified atom stereocenters. The number of nitrogens with two attached hydrogens (primary N) is 1. The summed E-state index contributed by atoms with van der Waals surface area (Å²) >= 11 is 0. The second-order valence-electron chi connectivity index (χ2n) is 6.70. The van der Waals surface area contributed by atoms with Crippen molar-refractivity contribution in [3.8, 4) is 0 Å². The Bertz CT molecular complexity index is 483. The number of aromatic nitrogens is 2. The van der Waals surface area contributed by atoms with E-state index in [1.807, 2.05) is 0 Å². The molecular formula is C17H29N3O. The van der Waals surface area contributed by atoms with E-state index in [-0.39, 0.29) is 5.60 Å². The number of hydrogen-bond donors (Lipinski definition) is 1. The van der Waals surface area contributed by atoms with Gasteiger partial charge in [0.2, 0.25) is 0 Å². The zero-order valence-electron chi connectivity index (χ0n) is 13.5. The zero-order chi connectivity index (χ0) is 14.9. The lowest BCUT2D eigenvalue weighted by atomic mass is 9.78. The van der Waals surface area contributed by atoms with Crippen molar-refractivity contribution in [2.45, 2.75) is 83.3 Å². The Morgan fingerprint density at radius 3 is 2.67 bits per heavy atom. The number of anilines is 1. The fraction of sp³-hybridized carbons (Fsp3) is 0.824. The molecule has 1 aliphatic carbocycles. The molecule has 2 N–H and O–H groups in total. The highest BCUT2D eigenvalue weighted by molar-refractivity contribution is 5.48. The molecule has 2 fully saturated rings. The van der Waals surface area contributed by atoms with Crippen LogP contribution in [-0.4, -0.2) is 22.0 Å². The first-order chi connectivity index (χ1) is 10.2. The molecule has 1 atom stereocenters. The van der Waals surface area contributed by atoms with Crippen molar-refractivity contribution >= 4 is 5.69 Å². The molecule has 1 saturated heterocycles. The van der Waals surface area contributed by atoms with E-state index in [2.05, 4.69) is 18.5 Å². The minimum Gasteiger partial charge on any atom is -0.396 e. The van der Waals surface area contributed by atoms with Crippen molar-refractivity contribution in [2.24, 2.45) is 0 Å². The molecule has 1 aromatic rings. The summed E-state index contributed by atoms with van der Waals surface area (Å²) in [5.41, 5.74) is 9.62. The third-order valence-corrected chi connectivity index (χ3v) is 5.37. The lowest BCUT2D eigenvalue weighted by Crippen LogP contribution is -2.42. The summed E-state index contributed by atoms with van der Waals surface area (Å²) in [6.45, 7) is 5.18. The maximum Gasteiger partial charge on any atom is 0.0854 e. The molecule has 0 bridgehead atoms. The Labute approximate surface area is 128 Å². The minimum absolute atomic E-state index is 0.124. The maximum atomic E-state index is 6.29. The van der Waals surface area contributed by atoms with Crippen LogP contribution in [0.25, 0.3) is 0 Å². The number of ether oxygens (including phenoxy) is 1. The van der Waals surface area contributed by atoms with E-state index >= 15 is 0 Å².